The Morgan fingerprint density at radius 2 is 1.50 bits per heavy atom. The van der Waals surface area contributed by atoms with E-state index in [0.29, 0.717) is 47.8 Å². The Morgan fingerprint density at radius 3 is 2.13 bits per heavy atom. The van der Waals surface area contributed by atoms with Gasteiger partial charge in [0.15, 0.2) is 6.61 Å². The second-order valence-corrected chi connectivity index (χ2v) is 10.7. The van der Waals surface area contributed by atoms with Gasteiger partial charge in [-0.1, -0.05) is 53.5 Å². The van der Waals surface area contributed by atoms with E-state index in [1.54, 1.807) is 46.2 Å². The maximum absolute atomic E-state index is 13.4. The van der Waals surface area contributed by atoms with E-state index in [-0.39, 0.29) is 24.8 Å². The maximum Gasteiger partial charge on any atom is 0.260 e. The van der Waals surface area contributed by atoms with E-state index in [4.69, 9.17) is 32.7 Å². The molecule has 1 atom stereocenters. The molecule has 3 aromatic rings. The minimum atomic E-state index is -0.532. The van der Waals surface area contributed by atoms with Gasteiger partial charge >= 0.3 is 0 Å². The highest BCUT2D eigenvalue weighted by Gasteiger charge is 2.40. The van der Waals surface area contributed by atoms with Crippen molar-refractivity contribution in [2.75, 3.05) is 33.4 Å². The second-order valence-electron chi connectivity index (χ2n) is 9.82. The van der Waals surface area contributed by atoms with Crippen LogP contribution in [0.1, 0.15) is 24.8 Å². The van der Waals surface area contributed by atoms with Crippen LogP contribution in [0.2, 0.25) is 10.0 Å². The van der Waals surface area contributed by atoms with Crippen molar-refractivity contribution < 1.29 is 19.1 Å². The fourth-order valence-electron chi connectivity index (χ4n) is 4.67. The highest BCUT2D eigenvalue weighted by Crippen LogP contribution is 2.35. The van der Waals surface area contributed by atoms with Crippen LogP contribution in [-0.2, 0) is 16.1 Å². The molecule has 0 unspecified atom stereocenters. The highest BCUT2D eigenvalue weighted by molar-refractivity contribution is 6.30. The van der Waals surface area contributed by atoms with Crippen molar-refractivity contribution in [3.63, 3.8) is 0 Å². The Balaban J connectivity index is 1.45. The first-order chi connectivity index (χ1) is 18.3. The van der Waals surface area contributed by atoms with Crippen LogP contribution >= 0.6 is 23.2 Å². The lowest BCUT2D eigenvalue weighted by atomic mass is 9.77. The summed E-state index contributed by atoms with van der Waals surface area (Å²) in [5.41, 5.74) is 0.533. The molecule has 1 saturated heterocycles. The molecule has 0 aliphatic carbocycles. The Labute approximate surface area is 234 Å². The number of ether oxygens (including phenoxy) is 2. The monoisotopic (exact) mass is 554 g/mol. The molecule has 0 bridgehead atoms. The fourth-order valence-corrected chi connectivity index (χ4v) is 4.92. The van der Waals surface area contributed by atoms with Crippen LogP contribution in [0.3, 0.4) is 0 Å². The van der Waals surface area contributed by atoms with Crippen LogP contribution in [0.5, 0.6) is 11.5 Å². The average molecular weight is 556 g/mol. The number of halogens is 2. The van der Waals surface area contributed by atoms with E-state index in [0.717, 1.165) is 18.4 Å². The van der Waals surface area contributed by atoms with Gasteiger partial charge in [-0.15, -0.1) is 0 Å². The first-order valence-corrected chi connectivity index (χ1v) is 13.4. The number of carbonyl (C=O) groups excluding carboxylic acids is 2. The van der Waals surface area contributed by atoms with Gasteiger partial charge < -0.3 is 19.3 Å². The third-order valence-electron chi connectivity index (χ3n) is 6.76. The van der Waals surface area contributed by atoms with Gasteiger partial charge in [0.05, 0.1) is 6.61 Å². The molecule has 1 fully saturated rings. The molecule has 1 aliphatic heterocycles. The molecular weight excluding hydrogens is 523 g/mol. The normalized spacial score (nSPS) is 17.1. The van der Waals surface area contributed by atoms with Crippen molar-refractivity contribution in [2.24, 2.45) is 5.41 Å². The smallest absolute Gasteiger partial charge is 0.260 e. The Bertz CT molecular complexity index is 1210. The minimum Gasteiger partial charge on any atom is -0.493 e. The van der Waals surface area contributed by atoms with Crippen molar-refractivity contribution >= 4 is 35.0 Å². The van der Waals surface area contributed by atoms with Crippen molar-refractivity contribution in [2.45, 2.75) is 25.8 Å². The maximum atomic E-state index is 13.4. The van der Waals surface area contributed by atoms with Crippen LogP contribution in [-0.4, -0.2) is 55.0 Å². The molecule has 8 heteroatoms. The number of piperidine rings is 1. The highest BCUT2D eigenvalue weighted by atomic mass is 35.5. The number of likely N-dealkylation sites (tertiary alicyclic amines) is 1. The minimum absolute atomic E-state index is 0.0141. The molecule has 4 rings (SSSR count). The lowest BCUT2D eigenvalue weighted by molar-refractivity contribution is -0.142. The van der Waals surface area contributed by atoms with Crippen LogP contribution in [0, 0.1) is 5.41 Å². The van der Waals surface area contributed by atoms with Gasteiger partial charge in [-0.3, -0.25) is 9.59 Å². The number of carbonyl (C=O) groups is 2. The average Bonchev–Trinajstić information content (AvgIpc) is 2.93. The molecule has 0 saturated carbocycles. The van der Waals surface area contributed by atoms with E-state index in [1.807, 2.05) is 49.5 Å². The third-order valence-corrected chi connectivity index (χ3v) is 7.27. The largest absolute Gasteiger partial charge is 0.493 e. The first kappa shape index (κ1) is 27.8. The number of hydrogen-bond acceptors (Lipinski definition) is 4. The van der Waals surface area contributed by atoms with Crippen LogP contribution in [0.15, 0.2) is 78.9 Å². The Morgan fingerprint density at radius 1 is 0.895 bits per heavy atom. The Kier molecular flexibility index (Phi) is 9.53. The lowest BCUT2D eigenvalue weighted by Gasteiger charge is -2.42. The summed E-state index contributed by atoms with van der Waals surface area (Å²) in [7, 11) is 1.81. The molecule has 0 radical (unpaired) electrons. The van der Waals surface area contributed by atoms with Crippen molar-refractivity contribution in [3.8, 4) is 11.5 Å². The van der Waals surface area contributed by atoms with E-state index in [2.05, 4.69) is 0 Å². The molecule has 200 valence electrons. The number of benzene rings is 3. The molecule has 2 amide bonds. The van der Waals surface area contributed by atoms with Gasteiger partial charge in [-0.05, 0) is 66.9 Å². The second kappa shape index (κ2) is 13.0. The Hall–Kier alpha value is -3.22. The topological polar surface area (TPSA) is 59.1 Å². The van der Waals surface area contributed by atoms with Gasteiger partial charge in [0.25, 0.3) is 5.91 Å². The molecule has 0 spiro atoms. The van der Waals surface area contributed by atoms with E-state index in [1.165, 1.54) is 0 Å². The summed E-state index contributed by atoms with van der Waals surface area (Å²) >= 11 is 12.0. The molecule has 0 N–H and O–H groups in total. The zero-order chi connectivity index (χ0) is 27.0. The summed E-state index contributed by atoms with van der Waals surface area (Å²) in [4.78, 5) is 30.1. The predicted octanol–water partition coefficient (Wildman–Crippen LogP) is 6.11. The van der Waals surface area contributed by atoms with Gasteiger partial charge in [0.2, 0.25) is 5.91 Å². The molecule has 38 heavy (non-hydrogen) atoms. The molecule has 3 aromatic carbocycles. The summed E-state index contributed by atoms with van der Waals surface area (Å²) in [6, 6.07) is 24.0. The number of hydrogen-bond donors (Lipinski definition) is 0. The van der Waals surface area contributed by atoms with Crippen molar-refractivity contribution in [3.05, 3.63) is 94.5 Å². The fraction of sp³-hybridized carbons (Fsp3) is 0.333. The quantitative estimate of drug-likeness (QED) is 0.303. The van der Waals surface area contributed by atoms with Crippen LogP contribution < -0.4 is 9.47 Å². The van der Waals surface area contributed by atoms with E-state index < -0.39 is 5.41 Å². The van der Waals surface area contributed by atoms with Gasteiger partial charge in [0, 0.05) is 48.6 Å². The molecule has 0 aromatic heterocycles. The number of nitrogens with zero attached hydrogens (tertiary/aromatic N) is 2. The standard InChI is InChI=1S/C30H32Cl2N2O4/c1-33(19-23-6-3-2-4-7-23)28(35)18-30(22-38-27-14-10-25(32)11-15-27)16-5-17-34(21-30)29(36)20-37-26-12-8-24(31)9-13-26/h2-4,6-15H,5,16-22H2,1H3/t30-/m1/s1. The SMILES string of the molecule is CN(Cc1ccccc1)C(=O)C[C@]1(COc2ccc(Cl)cc2)CCCN(C(=O)COc2ccc(Cl)cc2)C1. The molecular formula is C30H32Cl2N2O4. The summed E-state index contributed by atoms with van der Waals surface area (Å²) in [5.74, 6) is 1.14. The molecule has 1 heterocycles. The number of amides is 2. The van der Waals surface area contributed by atoms with Crippen LogP contribution in [0.25, 0.3) is 0 Å². The summed E-state index contributed by atoms with van der Waals surface area (Å²) in [5, 5.41) is 1.23. The zero-order valence-corrected chi connectivity index (χ0v) is 23.0. The van der Waals surface area contributed by atoms with Crippen molar-refractivity contribution in [1.82, 2.24) is 9.80 Å². The van der Waals surface area contributed by atoms with Crippen molar-refractivity contribution in [1.29, 1.82) is 0 Å². The van der Waals surface area contributed by atoms with Gasteiger partial charge in [-0.25, -0.2) is 0 Å². The van der Waals surface area contributed by atoms with E-state index >= 15 is 0 Å². The van der Waals surface area contributed by atoms with Gasteiger partial charge in [0.1, 0.15) is 11.5 Å². The third kappa shape index (κ3) is 7.89. The predicted molar refractivity (Wildman–Crippen MR) is 150 cm³/mol. The molecule has 6 nitrogen and oxygen atoms in total. The number of rotatable bonds is 10. The zero-order valence-electron chi connectivity index (χ0n) is 21.4. The van der Waals surface area contributed by atoms with Gasteiger partial charge in [-0.2, -0.15) is 0 Å². The van der Waals surface area contributed by atoms with E-state index in [9.17, 15) is 9.59 Å². The lowest BCUT2D eigenvalue weighted by Crippen LogP contribution is -2.51. The summed E-state index contributed by atoms with van der Waals surface area (Å²) in [6.45, 7) is 1.76. The van der Waals surface area contributed by atoms with Crippen LogP contribution in [0.4, 0.5) is 0 Å². The summed E-state index contributed by atoms with van der Waals surface area (Å²) in [6.07, 6.45) is 1.81. The molecule has 1 aliphatic rings. The first-order valence-electron chi connectivity index (χ1n) is 12.6. The summed E-state index contributed by atoms with van der Waals surface area (Å²) < 4.78 is 11.9.